The van der Waals surface area contributed by atoms with Crippen LogP contribution in [0.15, 0.2) is 18.3 Å². The Balaban J connectivity index is 1.98. The number of likely N-dealkylation sites (tertiary alicyclic amines) is 1. The lowest BCUT2D eigenvalue weighted by Crippen LogP contribution is -2.50. The van der Waals surface area contributed by atoms with Crippen LogP contribution >= 0.6 is 0 Å². The number of nitrogens with one attached hydrogen (secondary N) is 1. The van der Waals surface area contributed by atoms with Crippen LogP contribution in [0.4, 0.5) is 5.82 Å². The van der Waals surface area contributed by atoms with E-state index in [1.165, 1.54) is 12.0 Å². The second-order valence-electron chi connectivity index (χ2n) is 6.30. The monoisotopic (exact) mass is 231 g/mol. The molecule has 3 rings (SSSR count). The van der Waals surface area contributed by atoms with Crippen molar-refractivity contribution in [3.05, 3.63) is 23.9 Å². The van der Waals surface area contributed by atoms with E-state index in [9.17, 15) is 0 Å². The number of nitrogens with zero attached hydrogens (tertiary/aromatic N) is 2. The third kappa shape index (κ3) is 1.56. The number of aromatic nitrogens is 1. The summed E-state index contributed by atoms with van der Waals surface area (Å²) >= 11 is 0. The summed E-state index contributed by atoms with van der Waals surface area (Å²) in [4.78, 5) is 7.04. The highest BCUT2D eigenvalue weighted by Gasteiger charge is 2.48. The number of hydrogen-bond acceptors (Lipinski definition) is 3. The van der Waals surface area contributed by atoms with Crippen molar-refractivity contribution in [1.29, 1.82) is 0 Å². The van der Waals surface area contributed by atoms with Crippen LogP contribution in [0.5, 0.6) is 0 Å². The van der Waals surface area contributed by atoms with Crippen LogP contribution in [0.2, 0.25) is 0 Å². The standard InChI is InChI=1S/C14H21N3/c1-9-8-11-10-6-5-7-15-12(10)16-13(11)17(9)14(2,3)4/h5-7,9,11,13H,8H2,1-4H3,(H,15,16). The van der Waals surface area contributed by atoms with Crippen LogP contribution in [0, 0.1) is 0 Å². The van der Waals surface area contributed by atoms with Gasteiger partial charge in [0.15, 0.2) is 0 Å². The first kappa shape index (κ1) is 11.0. The Morgan fingerprint density at radius 2 is 2.18 bits per heavy atom. The molecule has 1 N–H and O–H groups in total. The number of fused-ring (bicyclic) bond motifs is 3. The molecule has 3 nitrogen and oxygen atoms in total. The first-order valence-electron chi connectivity index (χ1n) is 6.48. The highest BCUT2D eigenvalue weighted by Crippen LogP contribution is 2.47. The Bertz CT molecular complexity index is 435. The van der Waals surface area contributed by atoms with Crippen molar-refractivity contribution in [2.45, 2.75) is 57.8 Å². The lowest BCUT2D eigenvalue weighted by Gasteiger charge is -2.39. The molecule has 1 aromatic heterocycles. The molecule has 92 valence electrons. The van der Waals surface area contributed by atoms with Gasteiger partial charge in [-0.3, -0.25) is 4.90 Å². The van der Waals surface area contributed by atoms with E-state index in [1.54, 1.807) is 0 Å². The van der Waals surface area contributed by atoms with Crippen LogP contribution in [0.3, 0.4) is 0 Å². The topological polar surface area (TPSA) is 28.2 Å². The summed E-state index contributed by atoms with van der Waals surface area (Å²) in [5, 5.41) is 3.60. The van der Waals surface area contributed by atoms with Crippen molar-refractivity contribution in [3.8, 4) is 0 Å². The molecular weight excluding hydrogens is 210 g/mol. The summed E-state index contributed by atoms with van der Waals surface area (Å²) in [5.41, 5.74) is 1.60. The second kappa shape index (κ2) is 3.45. The predicted octanol–water partition coefficient (Wildman–Crippen LogP) is 2.81. The van der Waals surface area contributed by atoms with Gasteiger partial charge in [0.2, 0.25) is 0 Å². The van der Waals surface area contributed by atoms with E-state index in [0.29, 0.717) is 18.1 Å². The highest BCUT2D eigenvalue weighted by atomic mass is 15.4. The van der Waals surface area contributed by atoms with Gasteiger partial charge in [0, 0.05) is 29.3 Å². The lowest BCUT2D eigenvalue weighted by atomic mass is 9.98. The maximum absolute atomic E-state index is 4.45. The zero-order valence-corrected chi connectivity index (χ0v) is 11.1. The molecule has 0 amide bonds. The molecule has 1 saturated heterocycles. The Morgan fingerprint density at radius 3 is 2.88 bits per heavy atom. The lowest BCUT2D eigenvalue weighted by molar-refractivity contribution is 0.0940. The quantitative estimate of drug-likeness (QED) is 0.744. The third-order valence-corrected chi connectivity index (χ3v) is 4.05. The summed E-state index contributed by atoms with van der Waals surface area (Å²) < 4.78 is 0. The van der Waals surface area contributed by atoms with Crippen LogP contribution in [0.25, 0.3) is 0 Å². The van der Waals surface area contributed by atoms with E-state index in [4.69, 9.17) is 0 Å². The zero-order valence-electron chi connectivity index (χ0n) is 11.1. The molecule has 0 spiro atoms. The van der Waals surface area contributed by atoms with Gasteiger partial charge in [-0.1, -0.05) is 6.07 Å². The molecule has 0 aromatic carbocycles. The number of hydrogen-bond donors (Lipinski definition) is 1. The Hall–Kier alpha value is -1.09. The largest absolute Gasteiger partial charge is 0.354 e. The molecule has 1 aromatic rings. The Labute approximate surface area is 103 Å². The molecule has 3 heterocycles. The van der Waals surface area contributed by atoms with Crippen molar-refractivity contribution in [1.82, 2.24) is 9.88 Å². The predicted molar refractivity (Wildman–Crippen MR) is 70.1 cm³/mol. The Morgan fingerprint density at radius 1 is 1.41 bits per heavy atom. The van der Waals surface area contributed by atoms with Crippen molar-refractivity contribution >= 4 is 5.82 Å². The molecule has 2 aliphatic heterocycles. The molecule has 3 unspecified atom stereocenters. The normalized spacial score (nSPS) is 32.1. The molecule has 3 atom stereocenters. The zero-order chi connectivity index (χ0) is 12.2. The molecule has 0 radical (unpaired) electrons. The fourth-order valence-corrected chi connectivity index (χ4v) is 3.60. The van der Waals surface area contributed by atoms with E-state index in [2.05, 4.69) is 49.0 Å². The van der Waals surface area contributed by atoms with Crippen LogP contribution in [-0.2, 0) is 0 Å². The van der Waals surface area contributed by atoms with Gasteiger partial charge in [-0.25, -0.2) is 4.98 Å². The first-order valence-corrected chi connectivity index (χ1v) is 6.48. The first-order chi connectivity index (χ1) is 7.98. The van der Waals surface area contributed by atoms with Gasteiger partial charge in [-0.05, 0) is 40.2 Å². The summed E-state index contributed by atoms with van der Waals surface area (Å²) in [6.45, 7) is 9.22. The molecule has 17 heavy (non-hydrogen) atoms. The van der Waals surface area contributed by atoms with Gasteiger partial charge in [-0.15, -0.1) is 0 Å². The van der Waals surface area contributed by atoms with Crippen LogP contribution < -0.4 is 5.32 Å². The third-order valence-electron chi connectivity index (χ3n) is 4.05. The van der Waals surface area contributed by atoms with E-state index in [1.807, 2.05) is 12.3 Å². The fourth-order valence-electron chi connectivity index (χ4n) is 3.60. The van der Waals surface area contributed by atoms with Crippen molar-refractivity contribution in [2.24, 2.45) is 0 Å². The van der Waals surface area contributed by atoms with Crippen molar-refractivity contribution in [3.63, 3.8) is 0 Å². The molecular formula is C14H21N3. The summed E-state index contributed by atoms with van der Waals surface area (Å²) in [6.07, 6.45) is 3.53. The molecule has 3 heteroatoms. The van der Waals surface area contributed by atoms with Crippen molar-refractivity contribution < 1.29 is 0 Å². The van der Waals surface area contributed by atoms with E-state index in [-0.39, 0.29) is 5.54 Å². The van der Waals surface area contributed by atoms with Gasteiger partial charge in [-0.2, -0.15) is 0 Å². The average molecular weight is 231 g/mol. The van der Waals surface area contributed by atoms with Gasteiger partial charge in [0.25, 0.3) is 0 Å². The minimum Gasteiger partial charge on any atom is -0.354 e. The molecule has 2 aliphatic rings. The van der Waals surface area contributed by atoms with Crippen LogP contribution in [0.1, 0.15) is 45.6 Å². The second-order valence-corrected chi connectivity index (χ2v) is 6.30. The van der Waals surface area contributed by atoms with Gasteiger partial charge in [0.1, 0.15) is 5.82 Å². The fraction of sp³-hybridized carbons (Fsp3) is 0.643. The van der Waals surface area contributed by atoms with E-state index >= 15 is 0 Å². The van der Waals surface area contributed by atoms with Crippen molar-refractivity contribution in [2.75, 3.05) is 5.32 Å². The van der Waals surface area contributed by atoms with Gasteiger partial charge < -0.3 is 5.32 Å². The minimum absolute atomic E-state index is 0.202. The highest BCUT2D eigenvalue weighted by molar-refractivity contribution is 5.54. The summed E-state index contributed by atoms with van der Waals surface area (Å²) in [6, 6.07) is 4.90. The maximum atomic E-state index is 4.45. The molecule has 0 bridgehead atoms. The molecule has 0 saturated carbocycles. The van der Waals surface area contributed by atoms with E-state index < -0.39 is 0 Å². The smallest absolute Gasteiger partial charge is 0.130 e. The minimum atomic E-state index is 0.202. The maximum Gasteiger partial charge on any atom is 0.130 e. The summed E-state index contributed by atoms with van der Waals surface area (Å²) in [5.74, 6) is 1.69. The average Bonchev–Trinajstić information content (AvgIpc) is 2.70. The van der Waals surface area contributed by atoms with E-state index in [0.717, 1.165) is 5.82 Å². The SMILES string of the molecule is CC1CC2c3cccnc3NC2N1C(C)(C)C. The number of pyridine rings is 1. The number of anilines is 1. The molecule has 0 aliphatic carbocycles. The van der Waals surface area contributed by atoms with Gasteiger partial charge >= 0.3 is 0 Å². The van der Waals surface area contributed by atoms with Crippen LogP contribution in [-0.4, -0.2) is 27.6 Å². The van der Waals surface area contributed by atoms with Gasteiger partial charge in [0.05, 0.1) is 6.17 Å². The Kier molecular flexibility index (Phi) is 2.24. The molecule has 1 fully saturated rings. The number of rotatable bonds is 0. The summed E-state index contributed by atoms with van der Waals surface area (Å²) in [7, 11) is 0.